The van der Waals surface area contributed by atoms with Crippen LogP contribution in [0.3, 0.4) is 0 Å². The molecule has 0 atom stereocenters. The zero-order valence-electron chi connectivity index (χ0n) is 8.87. The van der Waals surface area contributed by atoms with Gasteiger partial charge in [0.2, 0.25) is 5.91 Å². The van der Waals surface area contributed by atoms with Crippen LogP contribution in [0.2, 0.25) is 0 Å². The Morgan fingerprint density at radius 2 is 2.19 bits per heavy atom. The van der Waals surface area contributed by atoms with Crippen molar-refractivity contribution in [1.29, 1.82) is 0 Å². The lowest BCUT2D eigenvalue weighted by Gasteiger charge is -2.41. The molecular formula is C12H13BrN2O. The second-order valence-electron chi connectivity index (χ2n) is 4.42. The Labute approximate surface area is 103 Å². The third kappa shape index (κ3) is 1.61. The van der Waals surface area contributed by atoms with Crippen LogP contribution < -0.4 is 10.2 Å². The number of halogens is 1. The van der Waals surface area contributed by atoms with Crippen LogP contribution in [-0.2, 0) is 4.79 Å². The van der Waals surface area contributed by atoms with Crippen molar-refractivity contribution in [1.82, 2.24) is 0 Å². The zero-order valence-corrected chi connectivity index (χ0v) is 10.5. The molecule has 0 spiro atoms. The summed E-state index contributed by atoms with van der Waals surface area (Å²) < 4.78 is 1.00. The van der Waals surface area contributed by atoms with Crippen molar-refractivity contribution in [2.24, 2.45) is 0 Å². The Morgan fingerprint density at radius 1 is 1.38 bits per heavy atom. The predicted molar refractivity (Wildman–Crippen MR) is 67.8 cm³/mol. The molecule has 1 aliphatic heterocycles. The van der Waals surface area contributed by atoms with Crippen molar-refractivity contribution in [3.8, 4) is 0 Å². The first kappa shape index (κ1) is 10.1. The van der Waals surface area contributed by atoms with E-state index in [0.29, 0.717) is 12.6 Å². The van der Waals surface area contributed by atoms with Gasteiger partial charge in [-0.3, -0.25) is 4.79 Å². The number of amides is 1. The smallest absolute Gasteiger partial charge is 0.243 e. The second kappa shape index (κ2) is 3.77. The minimum absolute atomic E-state index is 0.0949. The van der Waals surface area contributed by atoms with E-state index in [-0.39, 0.29) is 5.91 Å². The number of hydrogen-bond acceptors (Lipinski definition) is 2. The summed E-state index contributed by atoms with van der Waals surface area (Å²) in [5.74, 6) is 0.0949. The molecule has 16 heavy (non-hydrogen) atoms. The van der Waals surface area contributed by atoms with E-state index in [9.17, 15) is 4.79 Å². The molecule has 0 radical (unpaired) electrons. The van der Waals surface area contributed by atoms with E-state index in [4.69, 9.17) is 0 Å². The van der Waals surface area contributed by atoms with Crippen LogP contribution in [0, 0.1) is 0 Å². The quantitative estimate of drug-likeness (QED) is 0.858. The monoisotopic (exact) mass is 280 g/mol. The molecule has 4 heteroatoms. The first-order valence-corrected chi connectivity index (χ1v) is 6.39. The maximum atomic E-state index is 11.6. The third-order valence-corrected chi connectivity index (χ3v) is 3.86. The summed E-state index contributed by atoms with van der Waals surface area (Å²) in [6.45, 7) is 0.499. The first-order chi connectivity index (χ1) is 7.74. The molecule has 1 aliphatic carbocycles. The van der Waals surface area contributed by atoms with Gasteiger partial charge in [-0.25, -0.2) is 0 Å². The van der Waals surface area contributed by atoms with Crippen molar-refractivity contribution < 1.29 is 4.79 Å². The SMILES string of the molecule is O=C1CN(C2CCC2)c2ccc(Br)cc2N1. The third-order valence-electron chi connectivity index (χ3n) is 3.37. The fraction of sp³-hybridized carbons (Fsp3) is 0.417. The van der Waals surface area contributed by atoms with Gasteiger partial charge in [0.25, 0.3) is 0 Å². The number of hydrogen-bond donors (Lipinski definition) is 1. The molecule has 1 N–H and O–H groups in total. The van der Waals surface area contributed by atoms with Crippen molar-refractivity contribution in [2.75, 3.05) is 16.8 Å². The number of rotatable bonds is 1. The minimum Gasteiger partial charge on any atom is -0.358 e. The van der Waals surface area contributed by atoms with Crippen LogP contribution in [0.5, 0.6) is 0 Å². The molecule has 3 nitrogen and oxygen atoms in total. The highest BCUT2D eigenvalue weighted by Crippen LogP contribution is 2.37. The Hall–Kier alpha value is -1.03. The molecule has 0 bridgehead atoms. The van der Waals surface area contributed by atoms with Crippen LogP contribution in [0.4, 0.5) is 11.4 Å². The van der Waals surface area contributed by atoms with E-state index in [1.807, 2.05) is 12.1 Å². The van der Waals surface area contributed by atoms with Gasteiger partial charge in [-0.2, -0.15) is 0 Å². The van der Waals surface area contributed by atoms with Crippen molar-refractivity contribution >= 4 is 33.2 Å². The van der Waals surface area contributed by atoms with Gasteiger partial charge in [-0.1, -0.05) is 15.9 Å². The van der Waals surface area contributed by atoms with Gasteiger partial charge in [-0.05, 0) is 37.5 Å². The van der Waals surface area contributed by atoms with Crippen LogP contribution in [0.15, 0.2) is 22.7 Å². The van der Waals surface area contributed by atoms with E-state index < -0.39 is 0 Å². The molecule has 2 aliphatic rings. The molecule has 1 saturated carbocycles. The van der Waals surface area contributed by atoms with Crippen LogP contribution in [-0.4, -0.2) is 18.5 Å². The average molecular weight is 281 g/mol. The van der Waals surface area contributed by atoms with Gasteiger partial charge < -0.3 is 10.2 Å². The van der Waals surface area contributed by atoms with E-state index in [1.54, 1.807) is 0 Å². The molecule has 84 valence electrons. The molecule has 1 fully saturated rings. The second-order valence-corrected chi connectivity index (χ2v) is 5.34. The summed E-state index contributed by atoms with van der Waals surface area (Å²) in [6.07, 6.45) is 3.71. The summed E-state index contributed by atoms with van der Waals surface area (Å²) in [4.78, 5) is 13.9. The zero-order chi connectivity index (χ0) is 11.1. The van der Waals surface area contributed by atoms with Crippen molar-refractivity contribution in [3.05, 3.63) is 22.7 Å². The highest BCUT2D eigenvalue weighted by atomic mass is 79.9. The lowest BCUT2D eigenvalue weighted by atomic mass is 9.90. The van der Waals surface area contributed by atoms with Gasteiger partial charge >= 0.3 is 0 Å². The molecule has 3 rings (SSSR count). The van der Waals surface area contributed by atoms with Crippen LogP contribution >= 0.6 is 15.9 Å². The van der Waals surface area contributed by atoms with Gasteiger partial charge in [0, 0.05) is 10.5 Å². The summed E-state index contributed by atoms with van der Waals surface area (Å²) in [6, 6.07) is 6.64. The Morgan fingerprint density at radius 3 is 2.88 bits per heavy atom. The summed E-state index contributed by atoms with van der Waals surface area (Å²) >= 11 is 3.43. The van der Waals surface area contributed by atoms with Gasteiger partial charge in [0.15, 0.2) is 0 Å². The number of anilines is 2. The normalized spacial score (nSPS) is 20.1. The standard InChI is InChI=1S/C12H13BrN2O/c13-8-4-5-11-10(6-8)14-12(16)7-15(11)9-2-1-3-9/h4-6,9H,1-3,7H2,(H,14,16). The van der Waals surface area contributed by atoms with Gasteiger partial charge in [0.05, 0.1) is 17.9 Å². The Balaban J connectivity index is 2.00. The molecular weight excluding hydrogens is 268 g/mol. The molecule has 1 aromatic carbocycles. The van der Waals surface area contributed by atoms with E-state index in [0.717, 1.165) is 15.8 Å². The first-order valence-electron chi connectivity index (χ1n) is 5.60. The van der Waals surface area contributed by atoms with Gasteiger partial charge in [0.1, 0.15) is 0 Å². The Kier molecular flexibility index (Phi) is 2.39. The summed E-state index contributed by atoms with van der Waals surface area (Å²) in [7, 11) is 0. The predicted octanol–water partition coefficient (Wildman–Crippen LogP) is 2.76. The maximum absolute atomic E-state index is 11.6. The fourth-order valence-corrected chi connectivity index (χ4v) is 2.67. The summed E-state index contributed by atoms with van der Waals surface area (Å²) in [5, 5.41) is 2.92. The fourth-order valence-electron chi connectivity index (χ4n) is 2.31. The lowest BCUT2D eigenvalue weighted by Crippen LogP contribution is -2.47. The number of nitrogens with zero attached hydrogens (tertiary/aromatic N) is 1. The molecule has 0 saturated heterocycles. The molecule has 1 aromatic rings. The molecule has 1 heterocycles. The average Bonchev–Trinajstić information content (AvgIpc) is 2.13. The highest BCUT2D eigenvalue weighted by Gasteiger charge is 2.31. The lowest BCUT2D eigenvalue weighted by molar-refractivity contribution is -0.115. The number of fused-ring (bicyclic) bond motifs is 1. The van der Waals surface area contributed by atoms with E-state index in [2.05, 4.69) is 32.2 Å². The largest absolute Gasteiger partial charge is 0.358 e. The number of benzene rings is 1. The molecule has 0 unspecified atom stereocenters. The number of nitrogens with one attached hydrogen (secondary N) is 1. The van der Waals surface area contributed by atoms with Crippen LogP contribution in [0.1, 0.15) is 19.3 Å². The minimum atomic E-state index is 0.0949. The summed E-state index contributed by atoms with van der Waals surface area (Å²) in [5.41, 5.74) is 2.09. The Bertz CT molecular complexity index is 443. The maximum Gasteiger partial charge on any atom is 0.243 e. The molecule has 0 aromatic heterocycles. The van der Waals surface area contributed by atoms with Crippen molar-refractivity contribution in [2.45, 2.75) is 25.3 Å². The van der Waals surface area contributed by atoms with E-state index >= 15 is 0 Å². The van der Waals surface area contributed by atoms with Gasteiger partial charge in [-0.15, -0.1) is 0 Å². The number of carbonyl (C=O) groups excluding carboxylic acids is 1. The molecule has 1 amide bonds. The van der Waals surface area contributed by atoms with Crippen molar-refractivity contribution in [3.63, 3.8) is 0 Å². The van der Waals surface area contributed by atoms with Crippen LogP contribution in [0.25, 0.3) is 0 Å². The number of carbonyl (C=O) groups is 1. The topological polar surface area (TPSA) is 32.3 Å². The van der Waals surface area contributed by atoms with E-state index in [1.165, 1.54) is 19.3 Å². The highest BCUT2D eigenvalue weighted by molar-refractivity contribution is 9.10.